The second-order valence-corrected chi connectivity index (χ2v) is 7.88. The Labute approximate surface area is 186 Å². The molecule has 0 spiro atoms. The molecule has 160 valence electrons. The Bertz CT molecular complexity index is 1160. The molecule has 0 bridgehead atoms. The van der Waals surface area contributed by atoms with Crippen LogP contribution >= 0.6 is 0 Å². The number of pyridine rings is 2. The van der Waals surface area contributed by atoms with Gasteiger partial charge in [-0.3, -0.25) is 19.6 Å². The molecule has 7 nitrogen and oxygen atoms in total. The maximum Gasteiger partial charge on any atom is 0.257 e. The fraction of sp³-hybridized carbons (Fsp3) is 0.240. The number of amides is 2. The molecule has 0 unspecified atom stereocenters. The van der Waals surface area contributed by atoms with Crippen molar-refractivity contribution >= 4 is 17.5 Å². The molecular formula is C25H23N5O2. The molecule has 1 fully saturated rings. The van der Waals surface area contributed by atoms with Crippen molar-refractivity contribution in [2.45, 2.75) is 25.7 Å². The van der Waals surface area contributed by atoms with E-state index in [1.807, 2.05) is 24.0 Å². The van der Waals surface area contributed by atoms with Gasteiger partial charge in [-0.05, 0) is 61.7 Å². The number of aromatic nitrogens is 2. The van der Waals surface area contributed by atoms with Gasteiger partial charge in [0, 0.05) is 54.5 Å². The molecule has 7 heteroatoms. The molecule has 0 atom stereocenters. The largest absolute Gasteiger partial charge is 0.339 e. The van der Waals surface area contributed by atoms with Crippen LogP contribution in [-0.4, -0.2) is 39.8 Å². The highest BCUT2D eigenvalue weighted by Crippen LogP contribution is 2.28. The zero-order chi connectivity index (χ0) is 22.5. The number of piperidine rings is 1. The van der Waals surface area contributed by atoms with Crippen molar-refractivity contribution < 1.29 is 9.59 Å². The molecular weight excluding hydrogens is 402 g/mol. The van der Waals surface area contributed by atoms with Crippen LogP contribution in [0.4, 0.5) is 5.69 Å². The van der Waals surface area contributed by atoms with Gasteiger partial charge in [0.2, 0.25) is 0 Å². The maximum atomic E-state index is 13.1. The fourth-order valence-corrected chi connectivity index (χ4v) is 3.86. The molecule has 0 saturated carbocycles. The Kier molecular flexibility index (Phi) is 6.22. The summed E-state index contributed by atoms with van der Waals surface area (Å²) in [7, 11) is 0. The second-order valence-electron chi connectivity index (χ2n) is 7.88. The van der Waals surface area contributed by atoms with Crippen LogP contribution in [0.15, 0.2) is 61.1 Å². The third kappa shape index (κ3) is 4.65. The molecule has 32 heavy (non-hydrogen) atoms. The highest BCUT2D eigenvalue weighted by molar-refractivity contribution is 6.05. The summed E-state index contributed by atoms with van der Waals surface area (Å²) >= 11 is 0. The van der Waals surface area contributed by atoms with Crippen molar-refractivity contribution in [1.29, 1.82) is 5.26 Å². The highest BCUT2D eigenvalue weighted by Gasteiger charge is 2.25. The minimum atomic E-state index is -0.262. The zero-order valence-electron chi connectivity index (χ0n) is 17.8. The van der Waals surface area contributed by atoms with Crippen LogP contribution in [-0.2, 0) is 0 Å². The molecule has 0 radical (unpaired) electrons. The Balaban J connectivity index is 1.42. The van der Waals surface area contributed by atoms with Crippen LogP contribution in [0.1, 0.15) is 56.3 Å². The van der Waals surface area contributed by atoms with E-state index in [1.54, 1.807) is 42.7 Å². The molecule has 4 rings (SSSR count). The minimum absolute atomic E-state index is 0.0480. The third-order valence-corrected chi connectivity index (χ3v) is 5.77. The molecule has 1 saturated heterocycles. The van der Waals surface area contributed by atoms with E-state index >= 15 is 0 Å². The number of aryl methyl sites for hydroxylation is 1. The molecule has 2 amide bonds. The molecule has 1 aliphatic heterocycles. The summed E-state index contributed by atoms with van der Waals surface area (Å²) in [5.41, 5.74) is 4.01. The average Bonchev–Trinajstić information content (AvgIpc) is 2.85. The normalized spacial score (nSPS) is 13.9. The van der Waals surface area contributed by atoms with Crippen molar-refractivity contribution in [3.05, 3.63) is 89.0 Å². The number of carbonyl (C=O) groups excluding carboxylic acids is 2. The van der Waals surface area contributed by atoms with E-state index in [1.165, 1.54) is 6.20 Å². The van der Waals surface area contributed by atoms with Crippen molar-refractivity contribution in [2.24, 2.45) is 0 Å². The van der Waals surface area contributed by atoms with Crippen LogP contribution in [0.2, 0.25) is 0 Å². The predicted molar refractivity (Wildman–Crippen MR) is 120 cm³/mol. The topological polar surface area (TPSA) is 99.0 Å². The van der Waals surface area contributed by atoms with Gasteiger partial charge in [-0.15, -0.1) is 0 Å². The summed E-state index contributed by atoms with van der Waals surface area (Å²) in [5.74, 6) is -0.0335. The number of nitriles is 1. The van der Waals surface area contributed by atoms with Crippen molar-refractivity contribution in [1.82, 2.24) is 14.9 Å². The first-order chi connectivity index (χ1) is 15.5. The van der Waals surface area contributed by atoms with E-state index in [-0.39, 0.29) is 17.7 Å². The monoisotopic (exact) mass is 425 g/mol. The van der Waals surface area contributed by atoms with Gasteiger partial charge in [0.05, 0.1) is 11.1 Å². The lowest BCUT2D eigenvalue weighted by atomic mass is 9.92. The second kappa shape index (κ2) is 9.40. The Morgan fingerprint density at radius 1 is 1.09 bits per heavy atom. The van der Waals surface area contributed by atoms with Crippen LogP contribution < -0.4 is 5.32 Å². The smallest absolute Gasteiger partial charge is 0.257 e. The molecule has 3 aromatic rings. The number of hydrogen-bond donors (Lipinski definition) is 1. The Hall–Kier alpha value is -4.05. The summed E-state index contributed by atoms with van der Waals surface area (Å²) in [6.45, 7) is 3.16. The molecule has 1 aromatic carbocycles. The number of benzene rings is 1. The quantitative estimate of drug-likeness (QED) is 0.683. The van der Waals surface area contributed by atoms with Crippen molar-refractivity contribution in [3.63, 3.8) is 0 Å². The summed E-state index contributed by atoms with van der Waals surface area (Å²) in [6, 6.07) is 14.5. The minimum Gasteiger partial charge on any atom is -0.339 e. The standard InChI is InChI=1S/C25H23N5O2/c1-17-4-6-20(13-23(17)29-24(31)21-3-2-10-27-16-21)25(32)30-11-8-19(9-12-30)22-7-5-18(14-26)15-28-22/h2-7,10,13,15-16,19H,8-9,11-12H2,1H3,(H,29,31). The number of nitrogens with one attached hydrogen (secondary N) is 1. The first kappa shape index (κ1) is 21.2. The van der Waals surface area contributed by atoms with E-state index in [4.69, 9.17) is 5.26 Å². The lowest BCUT2D eigenvalue weighted by molar-refractivity contribution is 0.0712. The van der Waals surface area contributed by atoms with Gasteiger partial charge in [0.25, 0.3) is 11.8 Å². The van der Waals surface area contributed by atoms with Gasteiger partial charge >= 0.3 is 0 Å². The van der Waals surface area contributed by atoms with Crippen LogP contribution in [0.25, 0.3) is 0 Å². The first-order valence-corrected chi connectivity index (χ1v) is 10.5. The predicted octanol–water partition coefficient (Wildman–Crippen LogP) is 3.93. The zero-order valence-corrected chi connectivity index (χ0v) is 17.8. The molecule has 0 aliphatic carbocycles. The van der Waals surface area contributed by atoms with Gasteiger partial charge in [-0.1, -0.05) is 6.07 Å². The van der Waals surface area contributed by atoms with Crippen LogP contribution in [0, 0.1) is 18.3 Å². The summed E-state index contributed by atoms with van der Waals surface area (Å²) in [6.07, 6.45) is 6.36. The highest BCUT2D eigenvalue weighted by atomic mass is 16.2. The molecule has 3 heterocycles. The number of anilines is 1. The van der Waals surface area contributed by atoms with E-state index < -0.39 is 0 Å². The first-order valence-electron chi connectivity index (χ1n) is 10.5. The van der Waals surface area contributed by atoms with E-state index in [2.05, 4.69) is 21.4 Å². The fourth-order valence-electron chi connectivity index (χ4n) is 3.86. The van der Waals surface area contributed by atoms with Gasteiger partial charge in [-0.25, -0.2) is 0 Å². The number of nitrogens with zero attached hydrogens (tertiary/aromatic N) is 4. The van der Waals surface area contributed by atoms with Crippen LogP contribution in [0.3, 0.4) is 0 Å². The van der Waals surface area contributed by atoms with Gasteiger partial charge in [0.15, 0.2) is 0 Å². The molecule has 1 aliphatic rings. The maximum absolute atomic E-state index is 13.1. The SMILES string of the molecule is Cc1ccc(C(=O)N2CCC(c3ccc(C#N)cn3)CC2)cc1NC(=O)c1cccnc1. The van der Waals surface area contributed by atoms with E-state index in [0.29, 0.717) is 35.5 Å². The van der Waals surface area contributed by atoms with E-state index in [9.17, 15) is 9.59 Å². The lowest BCUT2D eigenvalue weighted by Crippen LogP contribution is -2.38. The summed E-state index contributed by atoms with van der Waals surface area (Å²) in [4.78, 5) is 35.8. The lowest BCUT2D eigenvalue weighted by Gasteiger charge is -2.32. The van der Waals surface area contributed by atoms with Crippen molar-refractivity contribution in [2.75, 3.05) is 18.4 Å². The Morgan fingerprint density at radius 2 is 1.91 bits per heavy atom. The molecule has 2 aromatic heterocycles. The number of carbonyl (C=O) groups is 2. The number of likely N-dealkylation sites (tertiary alicyclic amines) is 1. The van der Waals surface area contributed by atoms with Crippen LogP contribution in [0.5, 0.6) is 0 Å². The summed E-state index contributed by atoms with van der Waals surface area (Å²) in [5, 5.41) is 11.8. The van der Waals surface area contributed by atoms with E-state index in [0.717, 1.165) is 24.1 Å². The Morgan fingerprint density at radius 3 is 2.56 bits per heavy atom. The number of hydrogen-bond acceptors (Lipinski definition) is 5. The third-order valence-electron chi connectivity index (χ3n) is 5.77. The van der Waals surface area contributed by atoms with Gasteiger partial charge < -0.3 is 10.2 Å². The van der Waals surface area contributed by atoms with Gasteiger partial charge in [0.1, 0.15) is 6.07 Å². The summed E-state index contributed by atoms with van der Waals surface area (Å²) < 4.78 is 0. The number of rotatable bonds is 4. The van der Waals surface area contributed by atoms with Gasteiger partial charge in [-0.2, -0.15) is 5.26 Å². The van der Waals surface area contributed by atoms with Crippen molar-refractivity contribution in [3.8, 4) is 6.07 Å². The molecule has 1 N–H and O–H groups in total. The average molecular weight is 425 g/mol.